The number of carbonyl (C=O) groups excluding carboxylic acids is 1. The van der Waals surface area contributed by atoms with Gasteiger partial charge in [0.15, 0.2) is 17.3 Å². The summed E-state index contributed by atoms with van der Waals surface area (Å²) < 4.78 is 10.8. The Kier molecular flexibility index (Phi) is 5.64. The van der Waals surface area contributed by atoms with Crippen molar-refractivity contribution in [3.05, 3.63) is 23.9 Å². The summed E-state index contributed by atoms with van der Waals surface area (Å²) in [5, 5.41) is 0.741. The average molecular weight is 426 g/mol. The van der Waals surface area contributed by atoms with Crippen molar-refractivity contribution in [1.82, 2.24) is 14.9 Å². The Bertz CT molecular complexity index is 1030. The molecule has 0 bridgehead atoms. The Balaban J connectivity index is 1.53. The number of nitrogens with two attached hydrogens (primary N) is 1. The second-order valence-corrected chi connectivity index (χ2v) is 8.73. The van der Waals surface area contributed by atoms with Crippen LogP contribution in [0, 0.1) is 5.41 Å². The third-order valence-corrected chi connectivity index (χ3v) is 6.58. The first-order valence-corrected chi connectivity index (χ1v) is 10.8. The molecule has 0 radical (unpaired) electrons. The molecule has 1 fully saturated rings. The van der Waals surface area contributed by atoms with E-state index in [1.54, 1.807) is 14.2 Å². The minimum absolute atomic E-state index is 0.0638. The highest BCUT2D eigenvalue weighted by atomic mass is 16.5. The molecule has 0 saturated carbocycles. The zero-order valence-corrected chi connectivity index (χ0v) is 18.8. The summed E-state index contributed by atoms with van der Waals surface area (Å²) in [5.74, 6) is 2.48. The molecule has 1 atom stereocenters. The molecule has 1 aromatic carbocycles. The van der Waals surface area contributed by atoms with Gasteiger partial charge in [0.05, 0.1) is 19.7 Å². The molecule has 8 nitrogen and oxygen atoms in total. The Morgan fingerprint density at radius 2 is 1.68 bits per heavy atom. The van der Waals surface area contributed by atoms with E-state index in [0.717, 1.165) is 55.6 Å². The number of carbonyl (C=O) groups is 1. The molecule has 1 aliphatic heterocycles. The summed E-state index contributed by atoms with van der Waals surface area (Å²) in [6, 6.07) is 3.64. The zero-order valence-electron chi connectivity index (χ0n) is 18.8. The maximum absolute atomic E-state index is 12.3. The molecule has 1 unspecified atom stereocenters. The van der Waals surface area contributed by atoms with Gasteiger partial charge >= 0.3 is 0 Å². The van der Waals surface area contributed by atoms with Crippen molar-refractivity contribution in [2.45, 2.75) is 33.1 Å². The number of piperazine rings is 1. The largest absolute Gasteiger partial charge is 0.493 e. The van der Waals surface area contributed by atoms with E-state index < -0.39 is 0 Å². The van der Waals surface area contributed by atoms with Crippen LogP contribution in [-0.2, 0) is 4.79 Å². The third kappa shape index (κ3) is 4.11. The van der Waals surface area contributed by atoms with Gasteiger partial charge in [0.2, 0.25) is 5.95 Å². The van der Waals surface area contributed by atoms with Gasteiger partial charge in [0, 0.05) is 55.8 Å². The van der Waals surface area contributed by atoms with Gasteiger partial charge in [-0.1, -0.05) is 13.8 Å². The summed E-state index contributed by atoms with van der Waals surface area (Å²) in [6.45, 7) is 7.57. The summed E-state index contributed by atoms with van der Waals surface area (Å²) in [4.78, 5) is 26.0. The fourth-order valence-corrected chi connectivity index (χ4v) is 4.46. The number of nitrogen functional groups attached to an aromatic ring is 1. The lowest BCUT2D eigenvalue weighted by atomic mass is 9.75. The van der Waals surface area contributed by atoms with Crippen molar-refractivity contribution in [2.75, 3.05) is 51.0 Å². The van der Waals surface area contributed by atoms with Crippen LogP contribution in [0.1, 0.15) is 33.1 Å². The van der Waals surface area contributed by atoms with E-state index in [1.807, 2.05) is 18.2 Å². The molecule has 2 aromatic rings. The molecule has 1 aromatic heterocycles. The molecular formula is C23H31N5O3. The summed E-state index contributed by atoms with van der Waals surface area (Å²) in [6.07, 6.45) is 4.45. The van der Waals surface area contributed by atoms with Crippen molar-refractivity contribution < 1.29 is 14.3 Å². The van der Waals surface area contributed by atoms with Gasteiger partial charge in [-0.25, -0.2) is 4.98 Å². The minimum Gasteiger partial charge on any atom is -0.493 e. The Hall–Kier alpha value is -3.03. The van der Waals surface area contributed by atoms with Crippen LogP contribution in [0.25, 0.3) is 10.9 Å². The summed E-state index contributed by atoms with van der Waals surface area (Å²) in [7, 11) is 3.19. The third-order valence-electron chi connectivity index (χ3n) is 6.58. The number of methoxy groups -OCH3 is 2. The number of allylic oxidation sites excluding steroid dienone is 2. The fourth-order valence-electron chi connectivity index (χ4n) is 4.46. The van der Waals surface area contributed by atoms with Gasteiger partial charge < -0.3 is 25.0 Å². The summed E-state index contributed by atoms with van der Waals surface area (Å²) in [5.41, 5.74) is 8.20. The maximum atomic E-state index is 12.3. The van der Waals surface area contributed by atoms with Gasteiger partial charge in [-0.15, -0.1) is 0 Å². The highest BCUT2D eigenvalue weighted by Gasteiger charge is 2.33. The molecule has 166 valence electrons. The zero-order chi connectivity index (χ0) is 22.2. The molecule has 2 heterocycles. The highest BCUT2D eigenvalue weighted by Crippen LogP contribution is 2.39. The number of hydrogen-bond donors (Lipinski definition) is 1. The van der Waals surface area contributed by atoms with E-state index in [4.69, 9.17) is 20.2 Å². The van der Waals surface area contributed by atoms with Gasteiger partial charge in [-0.2, -0.15) is 4.98 Å². The lowest BCUT2D eigenvalue weighted by molar-refractivity contribution is -0.117. The molecule has 31 heavy (non-hydrogen) atoms. The van der Waals surface area contributed by atoms with Crippen LogP contribution in [0.5, 0.6) is 11.5 Å². The molecule has 0 spiro atoms. The normalized spacial score (nSPS) is 21.9. The standard InChI is InChI=1S/C23H31N5O3/c1-5-23(2)13-15(10-16(29)14-23)27-6-8-28(9-7-27)22-25-18-12-20(31-4)19(30-3)11-17(18)21(24)26-22/h10-12H,5-9,13-14H2,1-4H3,(H2,24,25,26). The first-order chi connectivity index (χ1) is 14.9. The van der Waals surface area contributed by atoms with Gasteiger partial charge in [-0.3, -0.25) is 4.79 Å². The first kappa shape index (κ1) is 21.2. The van der Waals surface area contributed by atoms with Gasteiger partial charge in [-0.05, 0) is 24.3 Å². The predicted octanol–water partition coefficient (Wildman–Crippen LogP) is 3.01. The second kappa shape index (κ2) is 8.24. The molecule has 0 amide bonds. The van der Waals surface area contributed by atoms with E-state index in [-0.39, 0.29) is 11.2 Å². The Morgan fingerprint density at radius 1 is 1.03 bits per heavy atom. The van der Waals surface area contributed by atoms with Crippen molar-refractivity contribution in [1.29, 1.82) is 0 Å². The monoisotopic (exact) mass is 425 g/mol. The minimum atomic E-state index is 0.0638. The molecule has 1 aliphatic carbocycles. The average Bonchev–Trinajstić information content (AvgIpc) is 2.77. The van der Waals surface area contributed by atoms with Crippen LogP contribution in [-0.4, -0.2) is 61.0 Å². The Labute approximate surface area is 183 Å². The number of aromatic nitrogens is 2. The lowest BCUT2D eigenvalue weighted by Gasteiger charge is -2.41. The number of anilines is 2. The van der Waals surface area contributed by atoms with Crippen molar-refractivity contribution in [3.63, 3.8) is 0 Å². The van der Waals surface area contributed by atoms with E-state index >= 15 is 0 Å². The molecule has 8 heteroatoms. The van der Waals surface area contributed by atoms with Crippen molar-refractivity contribution >= 4 is 28.5 Å². The SMILES string of the molecule is CCC1(C)CC(=O)C=C(N2CCN(c3nc(N)c4cc(OC)c(OC)cc4n3)CC2)C1. The van der Waals surface area contributed by atoms with E-state index in [1.165, 1.54) is 0 Å². The van der Waals surface area contributed by atoms with Crippen LogP contribution in [0.4, 0.5) is 11.8 Å². The molecule has 4 rings (SSSR count). The number of benzene rings is 1. The molecule has 1 saturated heterocycles. The van der Waals surface area contributed by atoms with E-state index in [2.05, 4.69) is 28.6 Å². The second-order valence-electron chi connectivity index (χ2n) is 8.73. The van der Waals surface area contributed by atoms with Crippen molar-refractivity contribution in [3.8, 4) is 11.5 Å². The number of ketones is 1. The van der Waals surface area contributed by atoms with Crippen molar-refractivity contribution in [2.24, 2.45) is 5.41 Å². The highest BCUT2D eigenvalue weighted by molar-refractivity contribution is 5.92. The topological polar surface area (TPSA) is 93.8 Å². The summed E-state index contributed by atoms with van der Waals surface area (Å²) >= 11 is 0. The lowest BCUT2D eigenvalue weighted by Crippen LogP contribution is -2.47. The predicted molar refractivity (Wildman–Crippen MR) is 122 cm³/mol. The number of ether oxygens (including phenoxy) is 2. The number of fused-ring (bicyclic) bond motifs is 1. The van der Waals surface area contributed by atoms with Crippen LogP contribution >= 0.6 is 0 Å². The van der Waals surface area contributed by atoms with Crippen LogP contribution in [0.3, 0.4) is 0 Å². The van der Waals surface area contributed by atoms with Crippen LogP contribution in [0.15, 0.2) is 23.9 Å². The Morgan fingerprint density at radius 3 is 2.32 bits per heavy atom. The number of rotatable bonds is 5. The van der Waals surface area contributed by atoms with Crippen LogP contribution < -0.4 is 20.1 Å². The van der Waals surface area contributed by atoms with Gasteiger partial charge in [0.25, 0.3) is 0 Å². The smallest absolute Gasteiger partial charge is 0.228 e. The first-order valence-electron chi connectivity index (χ1n) is 10.8. The molecule has 2 N–H and O–H groups in total. The molecular weight excluding hydrogens is 394 g/mol. The maximum Gasteiger partial charge on any atom is 0.228 e. The molecule has 2 aliphatic rings. The van der Waals surface area contributed by atoms with E-state index in [0.29, 0.717) is 29.7 Å². The fraction of sp³-hybridized carbons (Fsp3) is 0.522. The number of nitrogens with zero attached hydrogens (tertiary/aromatic N) is 4. The van der Waals surface area contributed by atoms with Crippen LogP contribution in [0.2, 0.25) is 0 Å². The van der Waals surface area contributed by atoms with Gasteiger partial charge in [0.1, 0.15) is 5.82 Å². The van der Waals surface area contributed by atoms with E-state index in [9.17, 15) is 4.79 Å². The quantitative estimate of drug-likeness (QED) is 0.781. The number of hydrogen-bond acceptors (Lipinski definition) is 8.